The number of ether oxygens (including phenoxy) is 1. The normalized spacial score (nSPS) is 22.6. The molecule has 0 radical (unpaired) electrons. The maximum Gasteiger partial charge on any atom is 0.254 e. The second kappa shape index (κ2) is 6.36. The summed E-state index contributed by atoms with van der Waals surface area (Å²) >= 11 is 0. The molecule has 1 fully saturated rings. The quantitative estimate of drug-likeness (QED) is 0.904. The van der Waals surface area contributed by atoms with Gasteiger partial charge in [-0.2, -0.15) is 0 Å². The highest BCUT2D eigenvalue weighted by Crippen LogP contribution is 2.20. The van der Waals surface area contributed by atoms with E-state index in [0.29, 0.717) is 18.7 Å². The van der Waals surface area contributed by atoms with E-state index >= 15 is 0 Å². The number of hydrogen-bond donors (Lipinski definition) is 1. The van der Waals surface area contributed by atoms with E-state index in [1.165, 1.54) is 19.2 Å². The van der Waals surface area contributed by atoms with E-state index in [-0.39, 0.29) is 23.0 Å². The molecule has 7 heteroatoms. The number of carbonyl (C=O) groups excluding carboxylic acids is 1. The van der Waals surface area contributed by atoms with Gasteiger partial charge in [-0.25, -0.2) is 13.1 Å². The molecular weight excluding hydrogens is 304 g/mol. The molecule has 1 aromatic carbocycles. The molecule has 0 unspecified atom stereocenters. The molecule has 1 aliphatic heterocycles. The van der Waals surface area contributed by atoms with Gasteiger partial charge >= 0.3 is 0 Å². The first-order valence-electron chi connectivity index (χ1n) is 7.23. The summed E-state index contributed by atoms with van der Waals surface area (Å²) in [6, 6.07) is 4.60. The minimum atomic E-state index is -3.57. The van der Waals surface area contributed by atoms with Crippen LogP contribution < -0.4 is 4.72 Å². The van der Waals surface area contributed by atoms with Crippen molar-refractivity contribution >= 4 is 15.9 Å². The lowest BCUT2D eigenvalue weighted by atomic mass is 10.1. The summed E-state index contributed by atoms with van der Waals surface area (Å²) in [5, 5.41) is 0. The van der Waals surface area contributed by atoms with Crippen LogP contribution in [0.25, 0.3) is 0 Å². The minimum absolute atomic E-state index is 0.0303. The summed E-state index contributed by atoms with van der Waals surface area (Å²) in [6.07, 6.45) is -0.0607. The van der Waals surface area contributed by atoms with E-state index in [1.54, 1.807) is 17.9 Å². The van der Waals surface area contributed by atoms with Crippen molar-refractivity contribution in [2.45, 2.75) is 37.9 Å². The summed E-state index contributed by atoms with van der Waals surface area (Å²) < 4.78 is 31.7. The zero-order valence-electron chi connectivity index (χ0n) is 13.3. The van der Waals surface area contributed by atoms with E-state index < -0.39 is 10.0 Å². The highest BCUT2D eigenvalue weighted by atomic mass is 32.2. The van der Waals surface area contributed by atoms with Crippen molar-refractivity contribution in [2.75, 3.05) is 20.1 Å². The molecule has 6 nitrogen and oxygen atoms in total. The highest BCUT2D eigenvalue weighted by molar-refractivity contribution is 7.89. The van der Waals surface area contributed by atoms with Crippen LogP contribution in [-0.4, -0.2) is 51.6 Å². The highest BCUT2D eigenvalue weighted by Gasteiger charge is 2.28. The van der Waals surface area contributed by atoms with Crippen molar-refractivity contribution in [3.05, 3.63) is 29.3 Å². The number of morpholine rings is 1. The first-order valence-corrected chi connectivity index (χ1v) is 8.72. The number of rotatable bonds is 3. The summed E-state index contributed by atoms with van der Waals surface area (Å²) in [7, 11) is -2.22. The Hall–Kier alpha value is -1.44. The van der Waals surface area contributed by atoms with Crippen LogP contribution >= 0.6 is 0 Å². The Balaban J connectivity index is 2.35. The number of sulfonamides is 1. The third-order valence-electron chi connectivity index (χ3n) is 3.73. The summed E-state index contributed by atoms with van der Waals surface area (Å²) in [6.45, 7) is 6.66. The smallest absolute Gasteiger partial charge is 0.254 e. The fraction of sp³-hybridized carbons (Fsp3) is 0.533. The Morgan fingerprint density at radius 2 is 1.86 bits per heavy atom. The molecular formula is C15H22N2O4S. The van der Waals surface area contributed by atoms with Crippen LogP contribution in [0.1, 0.15) is 29.8 Å². The van der Waals surface area contributed by atoms with E-state index in [2.05, 4.69) is 4.72 Å². The molecule has 0 bridgehead atoms. The molecule has 1 N–H and O–H groups in total. The van der Waals surface area contributed by atoms with Gasteiger partial charge in [0.15, 0.2) is 0 Å². The number of aryl methyl sites for hydroxylation is 1. The van der Waals surface area contributed by atoms with Crippen molar-refractivity contribution in [2.24, 2.45) is 0 Å². The van der Waals surface area contributed by atoms with Gasteiger partial charge in [0.1, 0.15) is 0 Å². The third kappa shape index (κ3) is 3.48. The van der Waals surface area contributed by atoms with Crippen molar-refractivity contribution in [3.8, 4) is 0 Å². The van der Waals surface area contributed by atoms with Crippen molar-refractivity contribution in [1.29, 1.82) is 0 Å². The zero-order chi connectivity index (χ0) is 16.5. The molecule has 0 spiro atoms. The lowest BCUT2D eigenvalue weighted by Gasteiger charge is -2.35. The Morgan fingerprint density at radius 1 is 1.27 bits per heavy atom. The second-order valence-electron chi connectivity index (χ2n) is 5.65. The van der Waals surface area contributed by atoms with E-state index in [4.69, 9.17) is 4.74 Å². The monoisotopic (exact) mass is 326 g/mol. The van der Waals surface area contributed by atoms with Gasteiger partial charge in [0, 0.05) is 18.7 Å². The molecule has 22 heavy (non-hydrogen) atoms. The number of nitrogens with zero attached hydrogens (tertiary/aromatic N) is 1. The summed E-state index contributed by atoms with van der Waals surface area (Å²) in [4.78, 5) is 14.5. The average Bonchev–Trinajstić information content (AvgIpc) is 2.45. The van der Waals surface area contributed by atoms with Crippen LogP contribution in [0.3, 0.4) is 0 Å². The number of hydrogen-bond acceptors (Lipinski definition) is 4. The zero-order valence-corrected chi connectivity index (χ0v) is 14.1. The Bertz CT molecular complexity index is 662. The Morgan fingerprint density at radius 3 is 2.41 bits per heavy atom. The maximum atomic E-state index is 12.7. The van der Waals surface area contributed by atoms with Crippen LogP contribution in [0.4, 0.5) is 0 Å². The van der Waals surface area contributed by atoms with Gasteiger partial charge in [-0.1, -0.05) is 6.07 Å². The fourth-order valence-corrected chi connectivity index (χ4v) is 3.39. The molecule has 1 saturated heterocycles. The molecule has 2 rings (SSSR count). The largest absolute Gasteiger partial charge is 0.372 e. The predicted octanol–water partition coefficient (Wildman–Crippen LogP) is 1.15. The molecule has 0 saturated carbocycles. The molecule has 0 aliphatic carbocycles. The lowest BCUT2D eigenvalue weighted by Crippen LogP contribution is -2.48. The van der Waals surface area contributed by atoms with E-state index in [1.807, 2.05) is 13.8 Å². The molecule has 1 amide bonds. The molecule has 1 aromatic rings. The van der Waals surface area contributed by atoms with E-state index in [9.17, 15) is 13.2 Å². The number of nitrogens with one attached hydrogen (secondary N) is 1. The Labute approximate surface area is 131 Å². The van der Waals surface area contributed by atoms with Crippen LogP contribution in [0.2, 0.25) is 0 Å². The molecule has 2 atom stereocenters. The second-order valence-corrected chi connectivity index (χ2v) is 7.54. The molecule has 0 aromatic heterocycles. The van der Waals surface area contributed by atoms with Crippen LogP contribution in [0.15, 0.2) is 23.1 Å². The molecule has 1 heterocycles. The topological polar surface area (TPSA) is 75.7 Å². The minimum Gasteiger partial charge on any atom is -0.372 e. The first kappa shape index (κ1) is 16.9. The van der Waals surface area contributed by atoms with Gasteiger partial charge in [0.05, 0.1) is 17.1 Å². The van der Waals surface area contributed by atoms with Gasteiger partial charge in [-0.05, 0) is 45.5 Å². The predicted molar refractivity (Wildman–Crippen MR) is 83.3 cm³/mol. The van der Waals surface area contributed by atoms with Gasteiger partial charge < -0.3 is 9.64 Å². The van der Waals surface area contributed by atoms with Crippen molar-refractivity contribution < 1.29 is 17.9 Å². The SMILES string of the molecule is CNS(=O)(=O)c1ccc(C)c(C(=O)N2C[C@H](C)O[C@@H](C)C2)c1. The Kier molecular flexibility index (Phi) is 4.89. The van der Waals surface area contributed by atoms with Crippen molar-refractivity contribution in [1.82, 2.24) is 9.62 Å². The number of benzene rings is 1. The number of amides is 1. The van der Waals surface area contributed by atoms with Gasteiger partial charge in [0.2, 0.25) is 10.0 Å². The molecule has 122 valence electrons. The number of carbonyl (C=O) groups is 1. The van der Waals surface area contributed by atoms with E-state index in [0.717, 1.165) is 5.56 Å². The third-order valence-corrected chi connectivity index (χ3v) is 5.14. The lowest BCUT2D eigenvalue weighted by molar-refractivity contribution is -0.0586. The fourth-order valence-electron chi connectivity index (χ4n) is 2.63. The summed E-state index contributed by atoms with van der Waals surface area (Å²) in [5.41, 5.74) is 1.17. The standard InChI is InChI=1S/C15H22N2O4S/c1-10-5-6-13(22(19,20)16-4)7-14(10)15(18)17-8-11(2)21-12(3)9-17/h5-7,11-12,16H,8-9H2,1-4H3/t11-,12-/m0/s1. The summed E-state index contributed by atoms with van der Waals surface area (Å²) in [5.74, 6) is -0.160. The molecule has 1 aliphatic rings. The van der Waals surface area contributed by atoms with Gasteiger partial charge in [0.25, 0.3) is 5.91 Å². The first-order chi connectivity index (χ1) is 10.2. The van der Waals surface area contributed by atoms with Crippen LogP contribution in [0, 0.1) is 6.92 Å². The van der Waals surface area contributed by atoms with Crippen LogP contribution in [0.5, 0.6) is 0 Å². The van der Waals surface area contributed by atoms with Gasteiger partial charge in [-0.3, -0.25) is 4.79 Å². The van der Waals surface area contributed by atoms with Crippen molar-refractivity contribution in [3.63, 3.8) is 0 Å². The maximum absolute atomic E-state index is 12.7. The van der Waals surface area contributed by atoms with Crippen LogP contribution in [-0.2, 0) is 14.8 Å². The van der Waals surface area contributed by atoms with Gasteiger partial charge in [-0.15, -0.1) is 0 Å². The average molecular weight is 326 g/mol.